The van der Waals surface area contributed by atoms with Crippen molar-refractivity contribution in [1.29, 1.82) is 0 Å². The predicted molar refractivity (Wildman–Crippen MR) is 101 cm³/mol. The van der Waals surface area contributed by atoms with Crippen LogP contribution in [0.15, 0.2) is 66.7 Å². The van der Waals surface area contributed by atoms with Gasteiger partial charge in [-0.15, -0.1) is 0 Å². The fourth-order valence-corrected chi connectivity index (χ4v) is 2.59. The van der Waals surface area contributed by atoms with Crippen molar-refractivity contribution in [3.63, 3.8) is 0 Å². The van der Waals surface area contributed by atoms with Crippen molar-refractivity contribution in [2.75, 3.05) is 0 Å². The van der Waals surface area contributed by atoms with Gasteiger partial charge in [0.05, 0.1) is 0 Å². The van der Waals surface area contributed by atoms with Gasteiger partial charge < -0.3 is 14.8 Å². The summed E-state index contributed by atoms with van der Waals surface area (Å²) in [5.41, 5.74) is 1.57. The van der Waals surface area contributed by atoms with Gasteiger partial charge in [-0.2, -0.15) is 0 Å². The first kappa shape index (κ1) is 20.0. The Morgan fingerprint density at radius 1 is 0.862 bits per heavy atom. The van der Waals surface area contributed by atoms with Gasteiger partial charge in [0.25, 0.3) is 12.4 Å². The summed E-state index contributed by atoms with van der Waals surface area (Å²) >= 11 is 0. The number of halogens is 2. The van der Waals surface area contributed by atoms with Gasteiger partial charge in [-0.05, 0) is 65.7 Å². The minimum atomic E-state index is -0.397. The van der Waals surface area contributed by atoms with Crippen molar-refractivity contribution in [3.05, 3.63) is 95.1 Å². The van der Waals surface area contributed by atoms with Crippen LogP contribution >= 0.6 is 0 Å². The highest BCUT2D eigenvalue weighted by Gasteiger charge is 2.11. The van der Waals surface area contributed by atoms with E-state index in [1.165, 1.54) is 42.5 Å². The highest BCUT2D eigenvalue weighted by Crippen LogP contribution is 2.25. The monoisotopic (exact) mass is 397 g/mol. The molecule has 3 rings (SSSR count). The molecular formula is C22H17F2NO4. The van der Waals surface area contributed by atoms with Gasteiger partial charge in [-0.25, -0.2) is 8.78 Å². The van der Waals surface area contributed by atoms with Crippen LogP contribution in [0.5, 0.6) is 11.5 Å². The molecule has 0 radical (unpaired) electrons. The largest absolute Gasteiger partial charge is 0.463 e. The van der Waals surface area contributed by atoms with Crippen LogP contribution in [0.2, 0.25) is 0 Å². The van der Waals surface area contributed by atoms with Crippen molar-refractivity contribution in [1.82, 2.24) is 5.32 Å². The van der Waals surface area contributed by atoms with E-state index in [9.17, 15) is 18.4 Å². The predicted octanol–water partition coefficient (Wildman–Crippen LogP) is 4.36. The zero-order valence-electron chi connectivity index (χ0n) is 15.2. The van der Waals surface area contributed by atoms with Gasteiger partial charge in [-0.3, -0.25) is 9.59 Å². The minimum Gasteiger partial charge on any atom is -0.463 e. The van der Waals surface area contributed by atoms with E-state index in [0.29, 0.717) is 23.5 Å². The quantitative estimate of drug-likeness (QED) is 0.574. The fraction of sp³-hybridized carbons (Fsp3) is 0.0909. The van der Waals surface area contributed by atoms with Crippen molar-refractivity contribution in [2.45, 2.75) is 13.2 Å². The summed E-state index contributed by atoms with van der Waals surface area (Å²) in [7, 11) is 0. The van der Waals surface area contributed by atoms with Crippen LogP contribution in [-0.4, -0.2) is 12.4 Å². The number of hydrogen-bond acceptors (Lipinski definition) is 4. The summed E-state index contributed by atoms with van der Waals surface area (Å²) in [6.07, 6.45) is 0. The van der Waals surface area contributed by atoms with E-state index in [1.54, 1.807) is 24.3 Å². The van der Waals surface area contributed by atoms with Gasteiger partial charge in [0.2, 0.25) is 0 Å². The molecule has 7 heteroatoms. The van der Waals surface area contributed by atoms with E-state index >= 15 is 0 Å². The number of ether oxygens (including phenoxy) is 2. The van der Waals surface area contributed by atoms with E-state index in [0.717, 1.165) is 5.56 Å². The van der Waals surface area contributed by atoms with Gasteiger partial charge in [-0.1, -0.05) is 12.1 Å². The van der Waals surface area contributed by atoms with Crippen LogP contribution in [0.3, 0.4) is 0 Å². The van der Waals surface area contributed by atoms with Crippen molar-refractivity contribution in [2.24, 2.45) is 0 Å². The van der Waals surface area contributed by atoms with Crippen LogP contribution < -0.4 is 10.1 Å². The normalized spacial score (nSPS) is 10.3. The first-order valence-corrected chi connectivity index (χ1v) is 8.69. The molecule has 0 bridgehead atoms. The average Bonchev–Trinajstić information content (AvgIpc) is 2.73. The number of rotatable bonds is 8. The number of benzene rings is 3. The summed E-state index contributed by atoms with van der Waals surface area (Å²) in [4.78, 5) is 23.1. The third kappa shape index (κ3) is 5.87. The molecule has 0 aliphatic heterocycles. The number of carbonyl (C=O) groups is 2. The number of carbonyl (C=O) groups excluding carboxylic acids is 2. The summed E-state index contributed by atoms with van der Waals surface area (Å²) < 4.78 is 36.5. The third-order valence-corrected chi connectivity index (χ3v) is 3.96. The second-order valence-electron chi connectivity index (χ2n) is 6.14. The molecule has 29 heavy (non-hydrogen) atoms. The van der Waals surface area contributed by atoms with Crippen LogP contribution in [-0.2, 0) is 22.7 Å². The Bertz CT molecular complexity index is 989. The SMILES string of the molecule is O=COCc1cc(Oc2ccc(F)cc2)cc(C(=O)NCc2ccc(F)cc2)c1. The van der Waals surface area contributed by atoms with E-state index in [-0.39, 0.29) is 30.4 Å². The van der Waals surface area contributed by atoms with E-state index in [1.807, 2.05) is 0 Å². The van der Waals surface area contributed by atoms with Crippen molar-refractivity contribution in [3.8, 4) is 11.5 Å². The van der Waals surface area contributed by atoms with Gasteiger partial charge in [0, 0.05) is 12.1 Å². The summed E-state index contributed by atoms with van der Waals surface area (Å²) in [6.45, 7) is 0.479. The molecule has 3 aromatic rings. The lowest BCUT2D eigenvalue weighted by atomic mass is 10.1. The maximum atomic E-state index is 13.1. The second kappa shape index (κ2) is 9.45. The van der Waals surface area contributed by atoms with Crippen LogP contribution in [0, 0.1) is 11.6 Å². The molecule has 1 N–H and O–H groups in total. The lowest BCUT2D eigenvalue weighted by Gasteiger charge is -2.11. The van der Waals surface area contributed by atoms with Gasteiger partial charge in [0.1, 0.15) is 29.7 Å². The molecule has 0 aliphatic carbocycles. The Morgan fingerprint density at radius 2 is 1.52 bits per heavy atom. The lowest BCUT2D eigenvalue weighted by molar-refractivity contribution is -0.129. The molecule has 0 atom stereocenters. The molecule has 0 heterocycles. The topological polar surface area (TPSA) is 64.6 Å². The second-order valence-corrected chi connectivity index (χ2v) is 6.14. The maximum absolute atomic E-state index is 13.1. The molecule has 0 aromatic heterocycles. The Labute approximate surface area is 165 Å². The van der Waals surface area contributed by atoms with Gasteiger partial charge >= 0.3 is 0 Å². The Morgan fingerprint density at radius 3 is 2.17 bits per heavy atom. The fourth-order valence-electron chi connectivity index (χ4n) is 2.59. The molecule has 148 valence electrons. The molecule has 0 spiro atoms. The summed E-state index contributed by atoms with van der Waals surface area (Å²) in [5, 5.41) is 2.74. The van der Waals surface area contributed by atoms with Crippen molar-refractivity contribution < 1.29 is 27.8 Å². The lowest BCUT2D eigenvalue weighted by Crippen LogP contribution is -2.23. The van der Waals surface area contributed by atoms with Crippen LogP contribution in [0.4, 0.5) is 8.78 Å². The molecule has 0 aliphatic rings. The Kier molecular flexibility index (Phi) is 6.52. The number of hydrogen-bond donors (Lipinski definition) is 1. The molecule has 0 fully saturated rings. The number of amides is 1. The summed E-state index contributed by atoms with van der Waals surface area (Å²) in [6, 6.07) is 15.9. The highest BCUT2D eigenvalue weighted by atomic mass is 19.1. The van der Waals surface area contributed by atoms with Crippen molar-refractivity contribution >= 4 is 12.4 Å². The first-order chi connectivity index (χ1) is 14.0. The smallest absolute Gasteiger partial charge is 0.293 e. The Balaban J connectivity index is 1.77. The molecule has 5 nitrogen and oxygen atoms in total. The molecule has 3 aromatic carbocycles. The summed E-state index contributed by atoms with van der Waals surface area (Å²) in [5.74, 6) is -0.420. The highest BCUT2D eigenvalue weighted by molar-refractivity contribution is 5.94. The molecular weight excluding hydrogens is 380 g/mol. The molecule has 0 saturated heterocycles. The zero-order valence-corrected chi connectivity index (χ0v) is 15.2. The molecule has 0 unspecified atom stereocenters. The van der Waals surface area contributed by atoms with E-state index in [2.05, 4.69) is 5.32 Å². The number of nitrogens with one attached hydrogen (secondary N) is 1. The van der Waals surface area contributed by atoms with E-state index < -0.39 is 5.82 Å². The zero-order chi connectivity index (χ0) is 20.6. The van der Waals surface area contributed by atoms with Gasteiger partial charge in [0.15, 0.2) is 0 Å². The maximum Gasteiger partial charge on any atom is 0.293 e. The minimum absolute atomic E-state index is 0.0393. The third-order valence-electron chi connectivity index (χ3n) is 3.96. The standard InChI is InChI=1S/C22H17F2NO4/c23-18-3-1-15(2-4-18)12-25-22(27)17-9-16(13-28-14-26)10-21(11-17)29-20-7-5-19(24)6-8-20/h1-11,14H,12-13H2,(H,25,27). The van der Waals surface area contributed by atoms with Crippen LogP contribution in [0.1, 0.15) is 21.5 Å². The Hall–Kier alpha value is -3.74. The van der Waals surface area contributed by atoms with Crippen LogP contribution in [0.25, 0.3) is 0 Å². The van der Waals surface area contributed by atoms with E-state index in [4.69, 9.17) is 9.47 Å². The molecule has 1 amide bonds. The average molecular weight is 397 g/mol. The first-order valence-electron chi connectivity index (χ1n) is 8.69. The molecule has 0 saturated carbocycles.